The molecule has 1 saturated heterocycles. The lowest BCUT2D eigenvalue weighted by atomic mass is 10.1. The summed E-state index contributed by atoms with van der Waals surface area (Å²) in [4.78, 5) is 12.4. The molecule has 86 valence electrons. The predicted molar refractivity (Wildman–Crippen MR) is 59.4 cm³/mol. The van der Waals surface area contributed by atoms with Crippen molar-refractivity contribution in [2.24, 2.45) is 0 Å². The average Bonchev–Trinajstić information content (AvgIpc) is 2.25. The Hall–Kier alpha value is -1.07. The molecule has 5 heteroatoms. The van der Waals surface area contributed by atoms with Gasteiger partial charge in [-0.05, 0) is 37.1 Å². The van der Waals surface area contributed by atoms with Gasteiger partial charge in [-0.3, -0.25) is 4.79 Å². The largest absolute Gasteiger partial charge is 0.374 e. The van der Waals surface area contributed by atoms with E-state index < -0.39 is 6.23 Å². The van der Waals surface area contributed by atoms with Crippen molar-refractivity contribution in [1.82, 2.24) is 5.32 Å². The second kappa shape index (κ2) is 4.84. The Morgan fingerprint density at radius 1 is 1.31 bits per heavy atom. The zero-order chi connectivity index (χ0) is 11.5. The van der Waals surface area contributed by atoms with Crippen LogP contribution in [0.5, 0.6) is 0 Å². The highest BCUT2D eigenvalue weighted by molar-refractivity contribution is 8.00. The van der Waals surface area contributed by atoms with Gasteiger partial charge in [0.1, 0.15) is 12.0 Å². The first-order valence-electron chi connectivity index (χ1n) is 5.06. The van der Waals surface area contributed by atoms with Gasteiger partial charge < -0.3 is 10.4 Å². The van der Waals surface area contributed by atoms with Crippen LogP contribution < -0.4 is 5.32 Å². The van der Waals surface area contributed by atoms with Crippen LogP contribution in [0.2, 0.25) is 0 Å². The predicted octanol–water partition coefficient (Wildman–Crippen LogP) is 1.51. The second-order valence-corrected chi connectivity index (χ2v) is 4.94. The third-order valence-electron chi connectivity index (χ3n) is 2.40. The minimum Gasteiger partial charge on any atom is -0.374 e. The Kier molecular flexibility index (Phi) is 3.46. The Morgan fingerprint density at radius 3 is 2.62 bits per heavy atom. The van der Waals surface area contributed by atoms with E-state index in [1.807, 2.05) is 0 Å². The van der Waals surface area contributed by atoms with Crippen molar-refractivity contribution in [3.05, 3.63) is 30.1 Å². The van der Waals surface area contributed by atoms with Crippen LogP contribution in [0.15, 0.2) is 29.2 Å². The fraction of sp³-hybridized carbons (Fsp3) is 0.364. The second-order valence-electron chi connectivity index (χ2n) is 3.66. The minimum absolute atomic E-state index is 0.159. The van der Waals surface area contributed by atoms with Crippen molar-refractivity contribution < 1.29 is 14.3 Å². The van der Waals surface area contributed by atoms with Crippen LogP contribution in [0.4, 0.5) is 4.39 Å². The molecule has 0 bridgehead atoms. The number of piperidine rings is 1. The van der Waals surface area contributed by atoms with Gasteiger partial charge in [-0.1, -0.05) is 0 Å². The van der Waals surface area contributed by atoms with Crippen LogP contribution in [-0.2, 0) is 4.79 Å². The molecular weight excluding hydrogens is 229 g/mol. The highest BCUT2D eigenvalue weighted by atomic mass is 32.2. The van der Waals surface area contributed by atoms with Crippen molar-refractivity contribution in [3.8, 4) is 0 Å². The van der Waals surface area contributed by atoms with E-state index in [4.69, 9.17) is 0 Å². The highest BCUT2D eigenvalue weighted by Gasteiger charge is 2.27. The van der Waals surface area contributed by atoms with E-state index >= 15 is 0 Å². The molecule has 1 aromatic carbocycles. The lowest BCUT2D eigenvalue weighted by Gasteiger charge is -2.25. The first kappa shape index (κ1) is 11.4. The molecule has 3 nitrogen and oxygen atoms in total. The summed E-state index contributed by atoms with van der Waals surface area (Å²) in [5.74, 6) is -0.444. The van der Waals surface area contributed by atoms with Crippen molar-refractivity contribution in [2.75, 3.05) is 0 Å². The van der Waals surface area contributed by atoms with Crippen molar-refractivity contribution in [3.63, 3.8) is 0 Å². The van der Waals surface area contributed by atoms with E-state index in [0.717, 1.165) is 4.90 Å². The van der Waals surface area contributed by atoms with Crippen LogP contribution in [0, 0.1) is 5.82 Å². The fourth-order valence-electron chi connectivity index (χ4n) is 1.56. The molecule has 1 heterocycles. The summed E-state index contributed by atoms with van der Waals surface area (Å²) in [6.45, 7) is 0. The van der Waals surface area contributed by atoms with Crippen LogP contribution in [0.3, 0.4) is 0 Å². The molecular formula is C11H12FNO2S. The molecule has 1 aliphatic heterocycles. The summed E-state index contributed by atoms with van der Waals surface area (Å²) < 4.78 is 12.7. The van der Waals surface area contributed by atoms with Gasteiger partial charge in [-0.2, -0.15) is 0 Å². The van der Waals surface area contributed by atoms with Crippen LogP contribution in [0.1, 0.15) is 12.8 Å². The lowest BCUT2D eigenvalue weighted by Crippen LogP contribution is -2.45. The van der Waals surface area contributed by atoms with Gasteiger partial charge in [0, 0.05) is 4.90 Å². The van der Waals surface area contributed by atoms with Gasteiger partial charge in [0.25, 0.3) is 0 Å². The van der Waals surface area contributed by atoms with Gasteiger partial charge in [0.2, 0.25) is 5.91 Å². The number of aliphatic hydroxyl groups is 1. The van der Waals surface area contributed by atoms with Gasteiger partial charge in [-0.15, -0.1) is 11.8 Å². The van der Waals surface area contributed by atoms with E-state index in [-0.39, 0.29) is 17.0 Å². The van der Waals surface area contributed by atoms with Crippen LogP contribution in [-0.4, -0.2) is 22.5 Å². The maximum Gasteiger partial charge on any atom is 0.235 e. The zero-order valence-electron chi connectivity index (χ0n) is 8.52. The smallest absolute Gasteiger partial charge is 0.235 e. The Labute approximate surface area is 97.0 Å². The first-order chi connectivity index (χ1) is 7.65. The summed E-state index contributed by atoms with van der Waals surface area (Å²) in [6.07, 6.45) is 0.470. The number of carbonyl (C=O) groups is 1. The molecule has 1 fully saturated rings. The molecule has 2 N–H and O–H groups in total. The van der Waals surface area contributed by atoms with E-state index in [0.29, 0.717) is 12.8 Å². The summed E-state index contributed by atoms with van der Waals surface area (Å²) in [6, 6.07) is 6.05. The van der Waals surface area contributed by atoms with Crippen molar-refractivity contribution >= 4 is 17.7 Å². The number of halogens is 1. The number of rotatable bonds is 2. The van der Waals surface area contributed by atoms with Crippen molar-refractivity contribution in [2.45, 2.75) is 29.2 Å². The van der Waals surface area contributed by atoms with E-state index in [9.17, 15) is 14.3 Å². The first-order valence-corrected chi connectivity index (χ1v) is 5.94. The Balaban J connectivity index is 1.99. The summed E-state index contributed by atoms with van der Waals surface area (Å²) in [5.41, 5.74) is 0. The fourth-order valence-corrected chi connectivity index (χ4v) is 2.61. The third kappa shape index (κ3) is 2.74. The average molecular weight is 241 g/mol. The molecule has 2 unspecified atom stereocenters. The SMILES string of the molecule is O=C1NC(O)CCC1Sc1ccc(F)cc1. The summed E-state index contributed by atoms with van der Waals surface area (Å²) in [7, 11) is 0. The van der Waals surface area contributed by atoms with Crippen LogP contribution >= 0.6 is 11.8 Å². The lowest BCUT2D eigenvalue weighted by molar-refractivity contribution is -0.125. The molecule has 0 aliphatic carbocycles. The molecule has 1 aromatic rings. The molecule has 0 aromatic heterocycles. The molecule has 1 amide bonds. The molecule has 1 aliphatic rings. The number of amides is 1. The molecule has 0 radical (unpaired) electrons. The Morgan fingerprint density at radius 2 is 2.00 bits per heavy atom. The van der Waals surface area contributed by atoms with E-state index in [2.05, 4.69) is 5.32 Å². The highest BCUT2D eigenvalue weighted by Crippen LogP contribution is 2.28. The topological polar surface area (TPSA) is 49.3 Å². The molecule has 0 saturated carbocycles. The monoisotopic (exact) mass is 241 g/mol. The standard InChI is InChI=1S/C11H12FNO2S/c12-7-1-3-8(4-2-7)16-9-5-6-10(14)13-11(9)15/h1-4,9-10,14H,5-6H2,(H,13,15). The molecule has 2 atom stereocenters. The van der Waals surface area contributed by atoms with Crippen LogP contribution in [0.25, 0.3) is 0 Å². The normalized spacial score (nSPS) is 25.2. The number of thioether (sulfide) groups is 1. The molecule has 2 rings (SSSR count). The number of aliphatic hydroxyl groups excluding tert-OH is 1. The zero-order valence-corrected chi connectivity index (χ0v) is 9.34. The third-order valence-corrected chi connectivity index (χ3v) is 3.67. The maximum absolute atomic E-state index is 12.7. The minimum atomic E-state index is -0.724. The Bertz CT molecular complexity index is 382. The number of carbonyl (C=O) groups excluding carboxylic acids is 1. The number of hydrogen-bond donors (Lipinski definition) is 2. The molecule has 0 spiro atoms. The number of hydrogen-bond acceptors (Lipinski definition) is 3. The quantitative estimate of drug-likeness (QED) is 0.825. The summed E-state index contributed by atoms with van der Waals surface area (Å²) >= 11 is 1.39. The van der Waals surface area contributed by atoms with E-state index in [1.54, 1.807) is 12.1 Å². The number of benzene rings is 1. The van der Waals surface area contributed by atoms with Gasteiger partial charge in [0.15, 0.2) is 0 Å². The number of nitrogens with one attached hydrogen (secondary N) is 1. The maximum atomic E-state index is 12.7. The molecule has 16 heavy (non-hydrogen) atoms. The van der Waals surface area contributed by atoms with Gasteiger partial charge >= 0.3 is 0 Å². The van der Waals surface area contributed by atoms with Crippen molar-refractivity contribution in [1.29, 1.82) is 0 Å². The van der Waals surface area contributed by atoms with E-state index in [1.165, 1.54) is 23.9 Å². The summed E-state index contributed by atoms with van der Waals surface area (Å²) in [5, 5.41) is 11.5. The van der Waals surface area contributed by atoms with Gasteiger partial charge in [0.05, 0.1) is 5.25 Å². The van der Waals surface area contributed by atoms with Gasteiger partial charge in [-0.25, -0.2) is 4.39 Å².